The maximum absolute atomic E-state index is 13.3. The van der Waals surface area contributed by atoms with E-state index in [1.807, 2.05) is 0 Å². The number of fused-ring (bicyclic) bond motifs is 1. The number of anilines is 1. The van der Waals surface area contributed by atoms with Gasteiger partial charge in [-0.1, -0.05) is 23.2 Å². The maximum atomic E-state index is 13.3. The average Bonchev–Trinajstić information content (AvgIpc) is 2.76. The first-order chi connectivity index (χ1) is 15.6. The number of alkyl halides is 3. The van der Waals surface area contributed by atoms with Gasteiger partial charge in [0.2, 0.25) is 0 Å². The first kappa shape index (κ1) is 23.3. The lowest BCUT2D eigenvalue weighted by molar-refractivity contribution is -0.140. The lowest BCUT2D eigenvalue weighted by atomic mass is 9.90. The predicted molar refractivity (Wildman–Crippen MR) is 118 cm³/mol. The van der Waals surface area contributed by atoms with Crippen molar-refractivity contribution < 1.29 is 18.0 Å². The van der Waals surface area contributed by atoms with Crippen LogP contribution < -0.4 is 16.1 Å². The molecular weight excluding hydrogens is 480 g/mol. The van der Waals surface area contributed by atoms with E-state index in [-0.39, 0.29) is 33.8 Å². The number of nitrogens with one attached hydrogen (secondary N) is 4. The molecule has 1 saturated carbocycles. The SMILES string of the molecule is N=c1[nH]cnc(C(=O)N[C@H]2CC[C@@H](Nc3cc(C(F)(F)F)nc4ccc(Cl)cc34)CC2)c1Cl. The van der Waals surface area contributed by atoms with Gasteiger partial charge in [-0.3, -0.25) is 10.2 Å². The van der Waals surface area contributed by atoms with E-state index in [4.69, 9.17) is 28.6 Å². The van der Waals surface area contributed by atoms with Crippen LogP contribution in [-0.4, -0.2) is 32.9 Å². The summed E-state index contributed by atoms with van der Waals surface area (Å²) in [6, 6.07) is 5.34. The molecule has 0 radical (unpaired) electrons. The zero-order valence-corrected chi connectivity index (χ0v) is 18.6. The lowest BCUT2D eigenvalue weighted by Crippen LogP contribution is -2.41. The molecule has 1 amide bonds. The van der Waals surface area contributed by atoms with Crippen molar-refractivity contribution in [1.29, 1.82) is 5.41 Å². The molecule has 0 bridgehead atoms. The van der Waals surface area contributed by atoms with Crippen LogP contribution in [0.5, 0.6) is 0 Å². The van der Waals surface area contributed by atoms with Crippen molar-refractivity contribution in [2.45, 2.75) is 43.9 Å². The minimum atomic E-state index is -4.57. The number of rotatable bonds is 4. The molecule has 1 fully saturated rings. The fraction of sp³-hybridized carbons (Fsp3) is 0.333. The molecule has 0 aliphatic heterocycles. The van der Waals surface area contributed by atoms with Crippen molar-refractivity contribution in [3.05, 3.63) is 57.5 Å². The van der Waals surface area contributed by atoms with Crippen LogP contribution in [0.2, 0.25) is 10.0 Å². The van der Waals surface area contributed by atoms with Crippen molar-refractivity contribution in [2.75, 3.05) is 5.32 Å². The van der Waals surface area contributed by atoms with Gasteiger partial charge < -0.3 is 15.6 Å². The molecule has 0 unspecified atom stereocenters. The molecule has 0 atom stereocenters. The van der Waals surface area contributed by atoms with E-state index in [0.717, 1.165) is 6.07 Å². The zero-order chi connectivity index (χ0) is 23.8. The van der Waals surface area contributed by atoms with Crippen LogP contribution in [0.25, 0.3) is 10.9 Å². The Bertz CT molecular complexity index is 1250. The molecule has 7 nitrogen and oxygen atoms in total. The highest BCUT2D eigenvalue weighted by molar-refractivity contribution is 6.33. The number of aromatic nitrogens is 3. The molecule has 4 N–H and O–H groups in total. The summed E-state index contributed by atoms with van der Waals surface area (Å²) in [6.07, 6.45) is -0.860. The van der Waals surface area contributed by atoms with Crippen LogP contribution >= 0.6 is 23.2 Å². The zero-order valence-electron chi connectivity index (χ0n) is 17.1. The van der Waals surface area contributed by atoms with Crippen LogP contribution in [-0.2, 0) is 6.18 Å². The van der Waals surface area contributed by atoms with Gasteiger partial charge in [0.1, 0.15) is 16.2 Å². The van der Waals surface area contributed by atoms with Gasteiger partial charge in [-0.25, -0.2) is 9.97 Å². The highest BCUT2D eigenvalue weighted by Crippen LogP contribution is 2.35. The summed E-state index contributed by atoms with van der Waals surface area (Å²) in [6.45, 7) is 0. The van der Waals surface area contributed by atoms with Gasteiger partial charge in [-0.15, -0.1) is 0 Å². The Morgan fingerprint density at radius 2 is 1.82 bits per heavy atom. The van der Waals surface area contributed by atoms with Crippen LogP contribution in [0.15, 0.2) is 30.6 Å². The van der Waals surface area contributed by atoms with Gasteiger partial charge in [0.15, 0.2) is 5.69 Å². The summed E-state index contributed by atoms with van der Waals surface area (Å²) in [7, 11) is 0. The average molecular weight is 499 g/mol. The number of benzene rings is 1. The summed E-state index contributed by atoms with van der Waals surface area (Å²) < 4.78 is 40.0. The molecule has 1 aliphatic rings. The number of pyridine rings is 1. The summed E-state index contributed by atoms with van der Waals surface area (Å²) in [5, 5.41) is 14.6. The summed E-state index contributed by atoms with van der Waals surface area (Å²) in [5.41, 5.74) is -0.579. The quantitative estimate of drug-likeness (QED) is 0.409. The normalized spacial score (nSPS) is 18.8. The largest absolute Gasteiger partial charge is 0.433 e. The van der Waals surface area contributed by atoms with Gasteiger partial charge in [0, 0.05) is 28.2 Å². The van der Waals surface area contributed by atoms with Crippen molar-refractivity contribution in [2.24, 2.45) is 0 Å². The topological polar surface area (TPSA) is 107 Å². The number of amides is 1. The number of nitrogens with zero attached hydrogens (tertiary/aromatic N) is 2. The Morgan fingerprint density at radius 3 is 2.52 bits per heavy atom. The number of hydrogen-bond acceptors (Lipinski definition) is 5. The van der Waals surface area contributed by atoms with Crippen LogP contribution in [0, 0.1) is 5.41 Å². The van der Waals surface area contributed by atoms with Crippen molar-refractivity contribution in [1.82, 2.24) is 20.3 Å². The number of aromatic amines is 1. The van der Waals surface area contributed by atoms with E-state index in [1.165, 1.54) is 18.5 Å². The predicted octanol–water partition coefficient (Wildman–Crippen LogP) is 4.92. The molecule has 0 spiro atoms. The molecule has 33 heavy (non-hydrogen) atoms. The van der Waals surface area contributed by atoms with E-state index < -0.39 is 17.8 Å². The maximum Gasteiger partial charge on any atom is 0.433 e. The molecule has 4 rings (SSSR count). The number of halogens is 5. The Morgan fingerprint density at radius 1 is 1.12 bits per heavy atom. The minimum Gasteiger partial charge on any atom is -0.382 e. The minimum absolute atomic E-state index is 0.0273. The monoisotopic (exact) mass is 498 g/mol. The molecule has 12 heteroatoms. The Hall–Kier alpha value is -2.85. The molecule has 1 aromatic carbocycles. The molecule has 2 heterocycles. The number of carbonyl (C=O) groups excluding carboxylic acids is 1. The summed E-state index contributed by atoms with van der Waals surface area (Å²) >= 11 is 12.0. The standard InChI is InChI=1S/C21H19Cl2F3N6O/c22-10-1-6-14-13(7-10)15(8-16(32-14)21(24,25)26)30-11-2-4-12(5-3-11)31-20(33)18-17(23)19(27)29-9-28-18/h1,6-9,11-12H,2-5H2,(H,30,32)(H,31,33)(H2,27,28,29)/t11-,12+. The third-order valence-corrected chi connectivity index (χ3v) is 6.13. The van der Waals surface area contributed by atoms with E-state index in [9.17, 15) is 18.0 Å². The first-order valence-corrected chi connectivity index (χ1v) is 10.9. The Balaban J connectivity index is 1.46. The van der Waals surface area contributed by atoms with Crippen LogP contribution in [0.4, 0.5) is 18.9 Å². The summed E-state index contributed by atoms with van der Waals surface area (Å²) in [4.78, 5) is 22.6. The van der Waals surface area contributed by atoms with Gasteiger partial charge in [0.25, 0.3) is 5.91 Å². The lowest BCUT2D eigenvalue weighted by Gasteiger charge is -2.30. The Kier molecular flexibility index (Phi) is 6.49. The fourth-order valence-electron chi connectivity index (χ4n) is 3.88. The van der Waals surface area contributed by atoms with Crippen molar-refractivity contribution in [3.8, 4) is 0 Å². The van der Waals surface area contributed by atoms with Crippen LogP contribution in [0.1, 0.15) is 41.9 Å². The third kappa shape index (κ3) is 5.22. The highest BCUT2D eigenvalue weighted by atomic mass is 35.5. The second-order valence-corrected chi connectivity index (χ2v) is 8.64. The summed E-state index contributed by atoms with van der Waals surface area (Å²) in [5.74, 6) is -0.469. The Labute approximate surface area is 196 Å². The van der Waals surface area contributed by atoms with Crippen molar-refractivity contribution >= 4 is 45.7 Å². The number of H-pyrrole nitrogens is 1. The van der Waals surface area contributed by atoms with E-state index in [1.54, 1.807) is 6.07 Å². The van der Waals surface area contributed by atoms with Gasteiger partial charge in [-0.05, 0) is 49.9 Å². The van der Waals surface area contributed by atoms with Gasteiger partial charge >= 0.3 is 6.18 Å². The molecule has 2 aromatic heterocycles. The fourth-order valence-corrected chi connectivity index (χ4v) is 4.24. The smallest absolute Gasteiger partial charge is 0.382 e. The first-order valence-electron chi connectivity index (χ1n) is 10.1. The van der Waals surface area contributed by atoms with Gasteiger partial charge in [0.05, 0.1) is 11.8 Å². The molecular formula is C21H19Cl2F3N6O. The molecule has 1 aliphatic carbocycles. The van der Waals surface area contributed by atoms with E-state index in [0.29, 0.717) is 41.8 Å². The number of carbonyl (C=O) groups is 1. The van der Waals surface area contributed by atoms with Crippen molar-refractivity contribution in [3.63, 3.8) is 0 Å². The molecule has 3 aromatic rings. The van der Waals surface area contributed by atoms with E-state index in [2.05, 4.69) is 25.6 Å². The number of hydrogen-bond donors (Lipinski definition) is 4. The third-order valence-electron chi connectivity index (χ3n) is 5.53. The second-order valence-electron chi connectivity index (χ2n) is 7.82. The highest BCUT2D eigenvalue weighted by Gasteiger charge is 2.34. The molecule has 174 valence electrons. The van der Waals surface area contributed by atoms with Gasteiger partial charge in [-0.2, -0.15) is 13.2 Å². The molecule has 0 saturated heterocycles. The second kappa shape index (κ2) is 9.18. The van der Waals surface area contributed by atoms with Crippen LogP contribution in [0.3, 0.4) is 0 Å². The van der Waals surface area contributed by atoms with E-state index >= 15 is 0 Å².